The standard InChI is InChI=1S/C26H24N4O3/c1-17-14-19(10-11-24(17)31)23-16-22(29-26(33)30-23)18-6-5-7-20(15-18)25(32)28-13-12-27-21-8-3-2-4-9-21/h2-11,14-16,27,31H,12-13H2,1H3,(H,28,32)(H,29,30,33). The summed E-state index contributed by atoms with van der Waals surface area (Å²) in [6.45, 7) is 2.85. The van der Waals surface area contributed by atoms with Crippen LogP contribution in [0.4, 0.5) is 5.69 Å². The molecule has 0 aliphatic rings. The molecule has 4 rings (SSSR count). The molecule has 0 saturated heterocycles. The minimum atomic E-state index is -0.491. The van der Waals surface area contributed by atoms with Crippen molar-refractivity contribution >= 4 is 11.6 Å². The van der Waals surface area contributed by atoms with Crippen LogP contribution in [0.3, 0.4) is 0 Å². The van der Waals surface area contributed by atoms with E-state index in [4.69, 9.17) is 0 Å². The molecule has 0 radical (unpaired) electrons. The third-order valence-electron chi connectivity index (χ3n) is 5.19. The Labute approximate surface area is 191 Å². The summed E-state index contributed by atoms with van der Waals surface area (Å²) in [5, 5.41) is 15.9. The van der Waals surface area contributed by atoms with Crippen molar-refractivity contribution < 1.29 is 9.90 Å². The van der Waals surface area contributed by atoms with Crippen molar-refractivity contribution in [1.29, 1.82) is 0 Å². The van der Waals surface area contributed by atoms with Crippen LogP contribution in [0.15, 0.2) is 83.7 Å². The molecule has 3 aromatic carbocycles. The van der Waals surface area contributed by atoms with Gasteiger partial charge < -0.3 is 20.7 Å². The van der Waals surface area contributed by atoms with Gasteiger partial charge in [0.15, 0.2) is 0 Å². The van der Waals surface area contributed by atoms with Gasteiger partial charge in [-0.1, -0.05) is 30.3 Å². The summed E-state index contributed by atoms with van der Waals surface area (Å²) in [5.41, 5.74) is 4.14. The Bertz CT molecular complexity index is 1330. The van der Waals surface area contributed by atoms with E-state index in [1.54, 1.807) is 49.4 Å². The van der Waals surface area contributed by atoms with Crippen LogP contribution in [0, 0.1) is 6.92 Å². The number of benzene rings is 3. The first-order valence-corrected chi connectivity index (χ1v) is 10.6. The van der Waals surface area contributed by atoms with Crippen molar-refractivity contribution in [2.75, 3.05) is 18.4 Å². The minimum Gasteiger partial charge on any atom is -0.508 e. The predicted molar refractivity (Wildman–Crippen MR) is 129 cm³/mol. The van der Waals surface area contributed by atoms with E-state index in [1.165, 1.54) is 0 Å². The van der Waals surface area contributed by atoms with Gasteiger partial charge in [0.1, 0.15) is 5.75 Å². The van der Waals surface area contributed by atoms with E-state index in [1.807, 2.05) is 36.4 Å². The summed E-state index contributed by atoms with van der Waals surface area (Å²) in [7, 11) is 0. The highest BCUT2D eigenvalue weighted by molar-refractivity contribution is 5.95. The number of aryl methyl sites for hydroxylation is 1. The fraction of sp³-hybridized carbons (Fsp3) is 0.115. The molecule has 0 fully saturated rings. The molecule has 0 spiro atoms. The number of aromatic hydroxyl groups is 1. The summed E-state index contributed by atoms with van der Waals surface area (Å²) in [5.74, 6) is -0.0148. The molecule has 4 N–H and O–H groups in total. The first-order valence-electron chi connectivity index (χ1n) is 10.6. The minimum absolute atomic E-state index is 0.182. The van der Waals surface area contributed by atoms with Gasteiger partial charge in [0, 0.05) is 29.9 Å². The van der Waals surface area contributed by atoms with Crippen molar-refractivity contribution in [2.24, 2.45) is 0 Å². The molecule has 0 aliphatic heterocycles. The smallest absolute Gasteiger partial charge is 0.345 e. The Morgan fingerprint density at radius 2 is 1.76 bits per heavy atom. The second-order valence-electron chi connectivity index (χ2n) is 7.62. The number of amides is 1. The zero-order chi connectivity index (χ0) is 23.2. The molecule has 7 heteroatoms. The molecule has 4 aromatic rings. The maximum Gasteiger partial charge on any atom is 0.345 e. The van der Waals surface area contributed by atoms with Gasteiger partial charge >= 0.3 is 5.69 Å². The maximum atomic E-state index is 12.6. The first kappa shape index (κ1) is 21.8. The van der Waals surface area contributed by atoms with Crippen molar-refractivity contribution in [1.82, 2.24) is 15.3 Å². The van der Waals surface area contributed by atoms with Gasteiger partial charge in [0.25, 0.3) is 5.91 Å². The van der Waals surface area contributed by atoms with E-state index in [0.717, 1.165) is 11.3 Å². The number of hydrogen-bond acceptors (Lipinski definition) is 5. The van der Waals surface area contributed by atoms with Gasteiger partial charge in [-0.2, -0.15) is 4.98 Å². The molecule has 0 unspecified atom stereocenters. The number of carbonyl (C=O) groups excluding carboxylic acids is 1. The van der Waals surface area contributed by atoms with E-state index in [2.05, 4.69) is 20.6 Å². The molecule has 1 amide bonds. The Morgan fingerprint density at radius 1 is 0.939 bits per heavy atom. The van der Waals surface area contributed by atoms with Gasteiger partial charge in [0.2, 0.25) is 0 Å². The van der Waals surface area contributed by atoms with Gasteiger partial charge in [-0.05, 0) is 66.6 Å². The number of phenolic OH excluding ortho intramolecular Hbond substituents is 1. The second-order valence-corrected chi connectivity index (χ2v) is 7.62. The number of aromatic amines is 1. The van der Waals surface area contributed by atoms with E-state index >= 15 is 0 Å². The van der Waals surface area contributed by atoms with Gasteiger partial charge in [-0.25, -0.2) is 4.79 Å². The second kappa shape index (κ2) is 9.82. The van der Waals surface area contributed by atoms with Crippen molar-refractivity contribution in [3.8, 4) is 28.3 Å². The number of H-pyrrole nitrogens is 1. The lowest BCUT2D eigenvalue weighted by Crippen LogP contribution is -2.28. The van der Waals surface area contributed by atoms with E-state index in [-0.39, 0.29) is 11.7 Å². The zero-order valence-electron chi connectivity index (χ0n) is 18.1. The first-order chi connectivity index (χ1) is 16.0. The Hall–Kier alpha value is -4.39. The Balaban J connectivity index is 1.49. The summed E-state index contributed by atoms with van der Waals surface area (Å²) in [4.78, 5) is 31.6. The van der Waals surface area contributed by atoms with Crippen molar-refractivity contribution in [3.05, 3.63) is 100 Å². The molecule has 0 aliphatic carbocycles. The number of rotatable bonds is 7. The van der Waals surface area contributed by atoms with Crippen LogP contribution < -0.4 is 16.3 Å². The predicted octanol–water partition coefficient (Wildman–Crippen LogP) is 3.96. The fourth-order valence-corrected chi connectivity index (χ4v) is 3.44. The molecule has 0 saturated carbocycles. The molecule has 166 valence electrons. The molecular weight excluding hydrogens is 416 g/mol. The number of hydrogen-bond donors (Lipinski definition) is 4. The van der Waals surface area contributed by atoms with Crippen LogP contribution in [-0.2, 0) is 0 Å². The summed E-state index contributed by atoms with van der Waals surface area (Å²) in [6.07, 6.45) is 0. The quantitative estimate of drug-likeness (QED) is 0.326. The van der Waals surface area contributed by atoms with Gasteiger partial charge in [-0.15, -0.1) is 0 Å². The molecule has 1 aromatic heterocycles. The van der Waals surface area contributed by atoms with E-state index in [9.17, 15) is 14.7 Å². The lowest BCUT2D eigenvalue weighted by atomic mass is 10.0. The third kappa shape index (κ3) is 5.46. The topological polar surface area (TPSA) is 107 Å². The zero-order valence-corrected chi connectivity index (χ0v) is 18.1. The molecule has 1 heterocycles. The highest BCUT2D eigenvalue weighted by Gasteiger charge is 2.10. The molecular formula is C26H24N4O3. The summed E-state index contributed by atoms with van der Waals surface area (Å²) < 4.78 is 0. The molecule has 33 heavy (non-hydrogen) atoms. The molecule has 7 nitrogen and oxygen atoms in total. The van der Waals surface area contributed by atoms with E-state index < -0.39 is 5.69 Å². The van der Waals surface area contributed by atoms with Crippen LogP contribution in [0.5, 0.6) is 5.75 Å². The number of carbonyl (C=O) groups is 1. The van der Waals surface area contributed by atoms with Gasteiger partial charge in [-0.3, -0.25) is 4.79 Å². The maximum absolute atomic E-state index is 12.6. The van der Waals surface area contributed by atoms with Crippen LogP contribution in [0.2, 0.25) is 0 Å². The van der Waals surface area contributed by atoms with Crippen molar-refractivity contribution in [2.45, 2.75) is 6.92 Å². The number of para-hydroxylation sites is 1. The molecule has 0 bridgehead atoms. The lowest BCUT2D eigenvalue weighted by molar-refractivity contribution is 0.0955. The Morgan fingerprint density at radius 3 is 2.55 bits per heavy atom. The third-order valence-corrected chi connectivity index (χ3v) is 5.19. The largest absolute Gasteiger partial charge is 0.508 e. The van der Waals surface area contributed by atoms with Crippen molar-refractivity contribution in [3.63, 3.8) is 0 Å². The highest BCUT2D eigenvalue weighted by atomic mass is 16.3. The lowest BCUT2D eigenvalue weighted by Gasteiger charge is -2.10. The average molecular weight is 441 g/mol. The van der Waals surface area contributed by atoms with Crippen LogP contribution in [-0.4, -0.2) is 34.1 Å². The monoisotopic (exact) mass is 440 g/mol. The van der Waals surface area contributed by atoms with Crippen LogP contribution >= 0.6 is 0 Å². The SMILES string of the molecule is Cc1cc(-c2cc(-c3cccc(C(=O)NCCNc4ccccc4)c3)[nH]c(=O)n2)ccc1O. The summed E-state index contributed by atoms with van der Waals surface area (Å²) in [6, 6.07) is 23.7. The van der Waals surface area contributed by atoms with Crippen LogP contribution in [0.25, 0.3) is 22.5 Å². The number of aromatic nitrogens is 2. The number of nitrogens with zero attached hydrogens (tertiary/aromatic N) is 1. The fourth-order valence-electron chi connectivity index (χ4n) is 3.44. The Kier molecular flexibility index (Phi) is 6.50. The number of phenols is 1. The number of anilines is 1. The van der Waals surface area contributed by atoms with E-state index in [0.29, 0.717) is 41.2 Å². The molecule has 0 atom stereocenters. The highest BCUT2D eigenvalue weighted by Crippen LogP contribution is 2.26. The van der Waals surface area contributed by atoms with Crippen LogP contribution in [0.1, 0.15) is 15.9 Å². The summed E-state index contributed by atoms with van der Waals surface area (Å²) >= 11 is 0. The average Bonchev–Trinajstić information content (AvgIpc) is 2.84. The normalized spacial score (nSPS) is 10.6. The van der Waals surface area contributed by atoms with Gasteiger partial charge in [0.05, 0.1) is 11.4 Å². The number of nitrogens with one attached hydrogen (secondary N) is 3.